The summed E-state index contributed by atoms with van der Waals surface area (Å²) in [7, 11) is 0. The van der Waals surface area contributed by atoms with Gasteiger partial charge < -0.3 is 15.4 Å². The van der Waals surface area contributed by atoms with Gasteiger partial charge in [0, 0.05) is 17.6 Å². The Kier molecular flexibility index (Phi) is 5.89. The number of hydrogen-bond acceptors (Lipinski definition) is 6. The molecule has 0 atom stereocenters. The summed E-state index contributed by atoms with van der Waals surface area (Å²) in [5, 5.41) is 6.53. The third-order valence-corrected chi connectivity index (χ3v) is 4.24. The van der Waals surface area contributed by atoms with Crippen LogP contribution in [-0.4, -0.2) is 22.5 Å². The van der Waals surface area contributed by atoms with E-state index in [0.717, 1.165) is 22.5 Å². The molecular formula is C22H24N4O2. The number of rotatable bonds is 6. The molecule has 0 aliphatic carbocycles. The van der Waals surface area contributed by atoms with E-state index in [1.165, 1.54) is 5.56 Å². The summed E-state index contributed by atoms with van der Waals surface area (Å²) in [6.45, 7) is 8.35. The molecule has 0 amide bonds. The van der Waals surface area contributed by atoms with Crippen LogP contribution in [0.1, 0.15) is 34.0 Å². The minimum Gasteiger partial charge on any atom is -0.462 e. The molecule has 28 heavy (non-hydrogen) atoms. The van der Waals surface area contributed by atoms with Gasteiger partial charge in [0.2, 0.25) is 5.95 Å². The van der Waals surface area contributed by atoms with Crippen LogP contribution in [0.15, 0.2) is 48.7 Å². The Balaban J connectivity index is 1.74. The zero-order valence-corrected chi connectivity index (χ0v) is 16.5. The van der Waals surface area contributed by atoms with Crippen molar-refractivity contribution in [3.8, 4) is 0 Å². The predicted octanol–water partition coefficient (Wildman–Crippen LogP) is 5.07. The molecule has 2 N–H and O–H groups in total. The summed E-state index contributed by atoms with van der Waals surface area (Å²) in [4.78, 5) is 20.6. The maximum Gasteiger partial charge on any atom is 0.338 e. The highest BCUT2D eigenvalue weighted by Crippen LogP contribution is 2.25. The summed E-state index contributed by atoms with van der Waals surface area (Å²) in [5.74, 6) is 0.846. The molecule has 0 fully saturated rings. The van der Waals surface area contributed by atoms with Gasteiger partial charge in [-0.25, -0.2) is 9.78 Å². The number of aromatic nitrogens is 2. The highest BCUT2D eigenvalue weighted by Gasteiger charge is 2.08. The van der Waals surface area contributed by atoms with Gasteiger partial charge in [-0.1, -0.05) is 17.7 Å². The second-order valence-electron chi connectivity index (χ2n) is 6.59. The second kappa shape index (κ2) is 8.52. The highest BCUT2D eigenvalue weighted by molar-refractivity contribution is 5.89. The maximum absolute atomic E-state index is 11.7. The number of carbonyl (C=O) groups excluding carboxylic acids is 1. The smallest absolute Gasteiger partial charge is 0.338 e. The van der Waals surface area contributed by atoms with Gasteiger partial charge in [-0.2, -0.15) is 4.98 Å². The largest absolute Gasteiger partial charge is 0.462 e. The lowest BCUT2D eigenvalue weighted by Crippen LogP contribution is -2.05. The van der Waals surface area contributed by atoms with Crippen molar-refractivity contribution in [1.82, 2.24) is 9.97 Å². The van der Waals surface area contributed by atoms with Crippen molar-refractivity contribution in [2.45, 2.75) is 27.7 Å². The van der Waals surface area contributed by atoms with Crippen LogP contribution in [0.3, 0.4) is 0 Å². The SMILES string of the molecule is CCOC(=O)c1ccc(Nc2ccnc(Nc3c(C)cc(C)cc3C)n2)cc1. The van der Waals surface area contributed by atoms with E-state index in [0.29, 0.717) is 23.9 Å². The first kappa shape index (κ1) is 19.4. The monoisotopic (exact) mass is 376 g/mol. The van der Waals surface area contributed by atoms with Crippen LogP contribution in [0.4, 0.5) is 23.1 Å². The Morgan fingerprint density at radius 1 is 1.00 bits per heavy atom. The third-order valence-electron chi connectivity index (χ3n) is 4.24. The van der Waals surface area contributed by atoms with Crippen LogP contribution >= 0.6 is 0 Å². The maximum atomic E-state index is 11.7. The minimum atomic E-state index is -0.327. The average Bonchev–Trinajstić information content (AvgIpc) is 2.66. The number of ether oxygens (including phenoxy) is 1. The van der Waals surface area contributed by atoms with Crippen molar-refractivity contribution in [2.24, 2.45) is 0 Å². The molecule has 3 aromatic rings. The Hall–Kier alpha value is -3.41. The van der Waals surface area contributed by atoms with Crippen LogP contribution in [0.2, 0.25) is 0 Å². The molecule has 0 aliphatic heterocycles. The van der Waals surface area contributed by atoms with E-state index in [4.69, 9.17) is 4.74 Å². The third kappa shape index (κ3) is 4.65. The molecule has 6 nitrogen and oxygen atoms in total. The quantitative estimate of drug-likeness (QED) is 0.585. The molecule has 0 bridgehead atoms. The van der Waals surface area contributed by atoms with Crippen molar-refractivity contribution in [3.05, 3.63) is 70.9 Å². The van der Waals surface area contributed by atoms with Crippen LogP contribution < -0.4 is 10.6 Å². The number of nitrogens with one attached hydrogen (secondary N) is 2. The summed E-state index contributed by atoms with van der Waals surface area (Å²) in [6, 6.07) is 13.1. The Morgan fingerprint density at radius 2 is 1.68 bits per heavy atom. The fourth-order valence-corrected chi connectivity index (χ4v) is 3.03. The number of hydrogen-bond donors (Lipinski definition) is 2. The lowest BCUT2D eigenvalue weighted by molar-refractivity contribution is 0.0526. The minimum absolute atomic E-state index is 0.327. The zero-order valence-electron chi connectivity index (χ0n) is 16.5. The fraction of sp³-hybridized carbons (Fsp3) is 0.227. The normalized spacial score (nSPS) is 10.4. The first-order valence-electron chi connectivity index (χ1n) is 9.18. The molecule has 1 heterocycles. The van der Waals surface area contributed by atoms with Crippen molar-refractivity contribution in [3.63, 3.8) is 0 Å². The first-order chi connectivity index (χ1) is 13.5. The molecule has 6 heteroatoms. The molecule has 144 valence electrons. The second-order valence-corrected chi connectivity index (χ2v) is 6.59. The number of aryl methyl sites for hydroxylation is 3. The Morgan fingerprint density at radius 3 is 2.32 bits per heavy atom. The van der Waals surface area contributed by atoms with E-state index in [-0.39, 0.29) is 5.97 Å². The summed E-state index contributed by atoms with van der Waals surface area (Å²) in [6.07, 6.45) is 1.70. The average molecular weight is 376 g/mol. The van der Waals surface area contributed by atoms with E-state index in [1.54, 1.807) is 31.3 Å². The van der Waals surface area contributed by atoms with Gasteiger partial charge in [0.1, 0.15) is 5.82 Å². The topological polar surface area (TPSA) is 76.1 Å². The number of esters is 1. The first-order valence-corrected chi connectivity index (χ1v) is 9.18. The van der Waals surface area contributed by atoms with Gasteiger partial charge in [0.15, 0.2) is 0 Å². The summed E-state index contributed by atoms with van der Waals surface area (Å²) in [5.41, 5.74) is 5.87. The molecule has 0 spiro atoms. The molecule has 0 saturated carbocycles. The lowest BCUT2D eigenvalue weighted by atomic mass is 10.1. The van der Waals surface area contributed by atoms with E-state index in [9.17, 15) is 4.79 Å². The molecule has 3 rings (SSSR count). The van der Waals surface area contributed by atoms with Crippen molar-refractivity contribution in [1.29, 1.82) is 0 Å². The van der Waals surface area contributed by atoms with Crippen molar-refractivity contribution < 1.29 is 9.53 Å². The molecule has 0 radical (unpaired) electrons. The standard InChI is InChI=1S/C22H24N4O2/c1-5-28-21(27)17-6-8-18(9-7-17)24-19-10-11-23-22(25-19)26-20-15(3)12-14(2)13-16(20)4/h6-13H,5H2,1-4H3,(H2,23,24,25,26). The zero-order chi connectivity index (χ0) is 20.1. The van der Waals surface area contributed by atoms with Crippen LogP contribution in [0.5, 0.6) is 0 Å². The van der Waals surface area contributed by atoms with Crippen LogP contribution in [0, 0.1) is 20.8 Å². The van der Waals surface area contributed by atoms with Gasteiger partial charge in [0.25, 0.3) is 0 Å². The molecule has 2 aromatic carbocycles. The Bertz CT molecular complexity index is 961. The van der Waals surface area contributed by atoms with Crippen LogP contribution in [0.25, 0.3) is 0 Å². The van der Waals surface area contributed by atoms with E-state index < -0.39 is 0 Å². The van der Waals surface area contributed by atoms with Crippen molar-refractivity contribution in [2.75, 3.05) is 17.2 Å². The van der Waals surface area contributed by atoms with Crippen molar-refractivity contribution >= 4 is 29.1 Å². The number of nitrogens with zero attached hydrogens (tertiary/aromatic N) is 2. The van der Waals surface area contributed by atoms with Crippen LogP contribution in [-0.2, 0) is 4.74 Å². The molecular weight excluding hydrogens is 352 g/mol. The van der Waals surface area contributed by atoms with Gasteiger partial charge in [-0.05, 0) is 69.2 Å². The molecule has 0 unspecified atom stereocenters. The number of carbonyl (C=O) groups is 1. The molecule has 1 aromatic heterocycles. The van der Waals surface area contributed by atoms with Gasteiger partial charge in [-0.15, -0.1) is 0 Å². The molecule has 0 aliphatic rings. The number of benzene rings is 2. The van der Waals surface area contributed by atoms with E-state index in [1.807, 2.05) is 12.1 Å². The molecule has 0 saturated heterocycles. The number of anilines is 4. The summed E-state index contributed by atoms with van der Waals surface area (Å²) < 4.78 is 5.00. The predicted molar refractivity (Wildman–Crippen MR) is 112 cm³/mol. The van der Waals surface area contributed by atoms with Gasteiger partial charge >= 0.3 is 5.97 Å². The lowest BCUT2D eigenvalue weighted by Gasteiger charge is -2.13. The van der Waals surface area contributed by atoms with E-state index in [2.05, 4.69) is 53.5 Å². The van der Waals surface area contributed by atoms with E-state index >= 15 is 0 Å². The summed E-state index contributed by atoms with van der Waals surface area (Å²) >= 11 is 0. The fourth-order valence-electron chi connectivity index (χ4n) is 3.03. The Labute approximate surface area is 165 Å². The highest BCUT2D eigenvalue weighted by atomic mass is 16.5. The van der Waals surface area contributed by atoms with Gasteiger partial charge in [-0.3, -0.25) is 0 Å². The van der Waals surface area contributed by atoms with Gasteiger partial charge in [0.05, 0.1) is 12.2 Å².